The maximum Gasteiger partial charge on any atom is 0.306 e. The minimum atomic E-state index is -0.779. The molecule has 0 rings (SSSR count). The van der Waals surface area contributed by atoms with Crippen molar-refractivity contribution in [1.29, 1.82) is 0 Å². The molecule has 57 heavy (non-hydrogen) atoms. The van der Waals surface area contributed by atoms with Crippen LogP contribution >= 0.6 is 0 Å². The minimum Gasteiger partial charge on any atom is -0.462 e. The predicted octanol–water partition coefficient (Wildman–Crippen LogP) is 15.8. The molecule has 0 spiro atoms. The predicted molar refractivity (Wildman–Crippen MR) is 242 cm³/mol. The molecule has 6 nitrogen and oxygen atoms in total. The van der Waals surface area contributed by atoms with Gasteiger partial charge in [0.2, 0.25) is 0 Å². The third-order valence-corrected chi connectivity index (χ3v) is 10.6. The Balaban J connectivity index is 4.38. The number of carbonyl (C=O) groups is 3. The van der Waals surface area contributed by atoms with Crippen LogP contribution in [0.2, 0.25) is 0 Å². The molecule has 0 aliphatic heterocycles. The van der Waals surface area contributed by atoms with Crippen LogP contribution in [0.1, 0.15) is 252 Å². The number of allylic oxidation sites excluding steroid dienone is 6. The van der Waals surface area contributed by atoms with E-state index in [9.17, 15) is 14.4 Å². The minimum absolute atomic E-state index is 0.0814. The first-order valence-electron chi connectivity index (χ1n) is 24.5. The zero-order valence-electron chi connectivity index (χ0n) is 37.9. The van der Waals surface area contributed by atoms with Crippen molar-refractivity contribution in [2.45, 2.75) is 258 Å². The molecular formula is C51H92O6. The number of hydrogen-bond acceptors (Lipinski definition) is 6. The first-order chi connectivity index (χ1) is 28.0. The van der Waals surface area contributed by atoms with E-state index in [0.717, 1.165) is 83.5 Å². The average molecular weight is 801 g/mol. The summed E-state index contributed by atoms with van der Waals surface area (Å²) in [6.45, 7) is 6.56. The fraction of sp³-hybridized carbons (Fsp3) is 0.824. The van der Waals surface area contributed by atoms with E-state index in [0.29, 0.717) is 19.3 Å². The molecule has 1 atom stereocenters. The summed E-state index contributed by atoms with van der Waals surface area (Å²) in [5.74, 6) is -0.903. The molecule has 0 bridgehead atoms. The van der Waals surface area contributed by atoms with Crippen LogP contribution in [-0.4, -0.2) is 37.2 Å². The molecule has 332 valence electrons. The number of ether oxygens (including phenoxy) is 3. The maximum atomic E-state index is 12.7. The van der Waals surface area contributed by atoms with Crippen LogP contribution in [0.4, 0.5) is 0 Å². The Bertz CT molecular complexity index is 969. The van der Waals surface area contributed by atoms with Gasteiger partial charge in [0.05, 0.1) is 0 Å². The van der Waals surface area contributed by atoms with E-state index in [2.05, 4.69) is 57.2 Å². The monoisotopic (exact) mass is 801 g/mol. The van der Waals surface area contributed by atoms with Crippen LogP contribution < -0.4 is 0 Å². The van der Waals surface area contributed by atoms with E-state index >= 15 is 0 Å². The van der Waals surface area contributed by atoms with Gasteiger partial charge in [-0.05, 0) is 89.9 Å². The van der Waals surface area contributed by atoms with E-state index in [-0.39, 0.29) is 31.1 Å². The highest BCUT2D eigenvalue weighted by Gasteiger charge is 2.19. The van der Waals surface area contributed by atoms with Crippen molar-refractivity contribution in [2.75, 3.05) is 13.2 Å². The largest absolute Gasteiger partial charge is 0.462 e. The molecule has 0 aliphatic carbocycles. The second-order valence-corrected chi connectivity index (χ2v) is 16.4. The van der Waals surface area contributed by atoms with Crippen molar-refractivity contribution < 1.29 is 28.6 Å². The molecule has 0 saturated carbocycles. The van der Waals surface area contributed by atoms with E-state index in [1.54, 1.807) is 0 Å². The Morgan fingerprint density at radius 3 is 0.947 bits per heavy atom. The first-order valence-corrected chi connectivity index (χ1v) is 24.5. The molecule has 0 aromatic heterocycles. The van der Waals surface area contributed by atoms with Gasteiger partial charge >= 0.3 is 17.9 Å². The molecule has 0 N–H and O–H groups in total. The lowest BCUT2D eigenvalue weighted by molar-refractivity contribution is -0.167. The zero-order valence-corrected chi connectivity index (χ0v) is 37.9. The number of carbonyl (C=O) groups excluding carboxylic acids is 3. The van der Waals surface area contributed by atoms with Crippen molar-refractivity contribution in [1.82, 2.24) is 0 Å². The third kappa shape index (κ3) is 44.6. The summed E-state index contributed by atoms with van der Waals surface area (Å²) >= 11 is 0. The SMILES string of the molecule is CCCC/C=C\CCCCCCCC(=O)OC[C@@H](COC(=O)CCCCCCC/C=C\CCCCCCCC)OC(=O)CCCCCCC/C=C\CCCCCC. The van der Waals surface area contributed by atoms with E-state index in [1.165, 1.54) is 128 Å². The lowest BCUT2D eigenvalue weighted by atomic mass is 10.1. The van der Waals surface area contributed by atoms with Crippen LogP contribution in [0.25, 0.3) is 0 Å². The lowest BCUT2D eigenvalue weighted by Crippen LogP contribution is -2.30. The standard InChI is InChI=1S/C51H92O6/c1-4-7-10-13-16-19-22-24-25-27-29-32-35-38-41-44-50(53)56-47-48(46-55-49(52)43-40-37-34-31-28-21-18-15-12-9-6-3)57-51(54)45-42-39-36-33-30-26-23-20-17-14-11-8-5-2/h15,18,20,23-25,48H,4-14,16-17,19,21-22,26-47H2,1-3H3/b18-15-,23-20-,25-24-/t48-/m0/s1. The Hall–Kier alpha value is -2.37. The number of esters is 3. The number of hydrogen-bond donors (Lipinski definition) is 0. The normalized spacial score (nSPS) is 12.3. The third-order valence-electron chi connectivity index (χ3n) is 10.6. The summed E-state index contributed by atoms with van der Waals surface area (Å²) in [6.07, 6.45) is 52.6. The fourth-order valence-corrected chi connectivity index (χ4v) is 6.82. The van der Waals surface area contributed by atoms with Crippen LogP contribution in [-0.2, 0) is 28.6 Å². The van der Waals surface area contributed by atoms with Crippen molar-refractivity contribution in [3.8, 4) is 0 Å². The van der Waals surface area contributed by atoms with Gasteiger partial charge in [-0.25, -0.2) is 0 Å². The molecule has 0 radical (unpaired) electrons. The summed E-state index contributed by atoms with van der Waals surface area (Å²) in [5.41, 5.74) is 0. The smallest absolute Gasteiger partial charge is 0.306 e. The van der Waals surface area contributed by atoms with Crippen LogP contribution in [0, 0.1) is 0 Å². The quantitative estimate of drug-likeness (QED) is 0.0264. The van der Waals surface area contributed by atoms with Gasteiger partial charge in [-0.15, -0.1) is 0 Å². The second-order valence-electron chi connectivity index (χ2n) is 16.4. The Morgan fingerprint density at radius 2 is 0.596 bits per heavy atom. The van der Waals surface area contributed by atoms with Gasteiger partial charge in [0.25, 0.3) is 0 Å². The molecule has 0 aromatic rings. The Labute approximate surface area is 353 Å². The molecule has 6 heteroatoms. The molecule has 0 aliphatic rings. The molecule has 0 fully saturated rings. The van der Waals surface area contributed by atoms with Crippen LogP contribution in [0.5, 0.6) is 0 Å². The highest BCUT2D eigenvalue weighted by atomic mass is 16.6. The van der Waals surface area contributed by atoms with Gasteiger partial charge in [0.15, 0.2) is 6.10 Å². The summed E-state index contributed by atoms with van der Waals surface area (Å²) in [6, 6.07) is 0. The van der Waals surface area contributed by atoms with E-state index < -0.39 is 6.10 Å². The van der Waals surface area contributed by atoms with E-state index in [4.69, 9.17) is 14.2 Å². The molecule has 0 aromatic carbocycles. The van der Waals surface area contributed by atoms with Crippen molar-refractivity contribution in [3.63, 3.8) is 0 Å². The van der Waals surface area contributed by atoms with Gasteiger partial charge in [-0.3, -0.25) is 14.4 Å². The molecule has 0 amide bonds. The summed E-state index contributed by atoms with van der Waals surface area (Å²) in [5, 5.41) is 0. The fourth-order valence-electron chi connectivity index (χ4n) is 6.82. The highest BCUT2D eigenvalue weighted by Crippen LogP contribution is 2.14. The second kappa shape index (κ2) is 46.3. The van der Waals surface area contributed by atoms with Crippen molar-refractivity contribution in [2.24, 2.45) is 0 Å². The molecule has 0 unspecified atom stereocenters. The van der Waals surface area contributed by atoms with Gasteiger partial charge in [0.1, 0.15) is 13.2 Å². The Morgan fingerprint density at radius 1 is 0.333 bits per heavy atom. The van der Waals surface area contributed by atoms with Gasteiger partial charge in [0, 0.05) is 19.3 Å². The molecular weight excluding hydrogens is 709 g/mol. The zero-order chi connectivity index (χ0) is 41.5. The van der Waals surface area contributed by atoms with Gasteiger partial charge in [-0.1, -0.05) is 179 Å². The van der Waals surface area contributed by atoms with Crippen LogP contribution in [0.3, 0.4) is 0 Å². The van der Waals surface area contributed by atoms with Gasteiger partial charge < -0.3 is 14.2 Å². The summed E-state index contributed by atoms with van der Waals surface area (Å²) in [7, 11) is 0. The summed E-state index contributed by atoms with van der Waals surface area (Å²) in [4.78, 5) is 37.8. The maximum absolute atomic E-state index is 12.7. The number of rotatable bonds is 44. The highest BCUT2D eigenvalue weighted by molar-refractivity contribution is 5.71. The summed E-state index contributed by atoms with van der Waals surface area (Å²) < 4.78 is 16.7. The van der Waals surface area contributed by atoms with E-state index in [1.807, 2.05) is 0 Å². The average Bonchev–Trinajstić information content (AvgIpc) is 3.21. The molecule has 0 heterocycles. The first kappa shape index (κ1) is 54.6. The van der Waals surface area contributed by atoms with Crippen LogP contribution in [0.15, 0.2) is 36.5 Å². The molecule has 0 saturated heterocycles. The van der Waals surface area contributed by atoms with Gasteiger partial charge in [-0.2, -0.15) is 0 Å². The lowest BCUT2D eigenvalue weighted by Gasteiger charge is -2.18. The van der Waals surface area contributed by atoms with Crippen molar-refractivity contribution in [3.05, 3.63) is 36.5 Å². The topological polar surface area (TPSA) is 78.9 Å². The number of unbranched alkanes of at least 4 members (excludes halogenated alkanes) is 27. The Kier molecular flexibility index (Phi) is 44.4. The van der Waals surface area contributed by atoms with Crippen molar-refractivity contribution >= 4 is 17.9 Å².